The molecule has 1 rings (SSSR count). The fourth-order valence-corrected chi connectivity index (χ4v) is 2.43. The molecular weight excluding hydrogens is 296 g/mol. The first-order chi connectivity index (χ1) is 7.02. The van der Waals surface area contributed by atoms with Crippen LogP contribution in [0.4, 0.5) is 0 Å². The molecule has 1 amide bonds. The molecular formula is C9H11BrN2OS2. The van der Waals surface area contributed by atoms with Crippen LogP contribution in [0.3, 0.4) is 0 Å². The van der Waals surface area contributed by atoms with Crippen molar-refractivity contribution in [3.05, 3.63) is 20.8 Å². The van der Waals surface area contributed by atoms with E-state index in [9.17, 15) is 4.79 Å². The smallest absolute Gasteiger partial charge is 0.262 e. The Morgan fingerprint density at radius 1 is 1.80 bits per heavy atom. The highest BCUT2D eigenvalue weighted by Crippen LogP contribution is 2.22. The molecule has 1 heterocycles. The number of amides is 1. The summed E-state index contributed by atoms with van der Waals surface area (Å²) in [6.07, 6.45) is 0. The Labute approximate surface area is 106 Å². The molecule has 6 heteroatoms. The van der Waals surface area contributed by atoms with Gasteiger partial charge in [0.25, 0.3) is 5.91 Å². The van der Waals surface area contributed by atoms with Crippen molar-refractivity contribution in [1.29, 1.82) is 0 Å². The molecule has 0 spiro atoms. The van der Waals surface area contributed by atoms with Crippen LogP contribution in [0.15, 0.2) is 15.9 Å². The maximum Gasteiger partial charge on any atom is 0.262 e. The Balaban J connectivity index is 2.51. The summed E-state index contributed by atoms with van der Waals surface area (Å²) in [6.45, 7) is 2.35. The van der Waals surface area contributed by atoms with Gasteiger partial charge >= 0.3 is 0 Å². The van der Waals surface area contributed by atoms with Gasteiger partial charge in [-0.05, 0) is 27.4 Å². The third kappa shape index (κ3) is 3.55. The van der Waals surface area contributed by atoms with Crippen molar-refractivity contribution in [3.63, 3.8) is 0 Å². The first kappa shape index (κ1) is 12.6. The van der Waals surface area contributed by atoms with Gasteiger partial charge in [0.1, 0.15) is 4.88 Å². The van der Waals surface area contributed by atoms with Crippen LogP contribution in [-0.2, 0) is 0 Å². The summed E-state index contributed by atoms with van der Waals surface area (Å²) >= 11 is 9.51. The molecule has 0 aliphatic heterocycles. The molecule has 0 aromatic carbocycles. The van der Waals surface area contributed by atoms with Crippen molar-refractivity contribution in [2.24, 2.45) is 11.7 Å². The zero-order valence-corrected chi connectivity index (χ0v) is 11.3. The SMILES string of the molecule is CC(CNC(=O)c1sccc1Br)C(N)=S. The Morgan fingerprint density at radius 2 is 2.47 bits per heavy atom. The molecule has 3 nitrogen and oxygen atoms in total. The fourth-order valence-electron chi connectivity index (χ4n) is 0.882. The van der Waals surface area contributed by atoms with Gasteiger partial charge in [-0.2, -0.15) is 0 Å². The molecule has 3 N–H and O–H groups in total. The highest BCUT2D eigenvalue weighted by molar-refractivity contribution is 9.10. The summed E-state index contributed by atoms with van der Waals surface area (Å²) in [5.41, 5.74) is 5.44. The van der Waals surface area contributed by atoms with Gasteiger partial charge < -0.3 is 11.1 Å². The standard InChI is InChI=1S/C9H11BrN2OS2/c1-5(8(11)14)4-12-9(13)7-6(10)2-3-15-7/h2-3,5H,4H2,1H3,(H2,11,14)(H,12,13). The number of halogens is 1. The summed E-state index contributed by atoms with van der Waals surface area (Å²) in [5.74, 6) is -0.0809. The number of nitrogens with one attached hydrogen (secondary N) is 1. The number of rotatable bonds is 4. The average Bonchev–Trinajstić information content (AvgIpc) is 2.60. The largest absolute Gasteiger partial charge is 0.393 e. The number of carbonyl (C=O) groups excluding carboxylic acids is 1. The number of carbonyl (C=O) groups is 1. The third-order valence-electron chi connectivity index (χ3n) is 1.88. The second-order valence-electron chi connectivity index (χ2n) is 3.11. The number of thiocarbonyl (C=S) groups is 1. The lowest BCUT2D eigenvalue weighted by molar-refractivity contribution is 0.0954. The average molecular weight is 307 g/mol. The number of nitrogens with two attached hydrogens (primary N) is 1. The van der Waals surface area contributed by atoms with E-state index in [1.165, 1.54) is 11.3 Å². The Hall–Kier alpha value is -0.460. The predicted octanol–water partition coefficient (Wildman–Crippen LogP) is 2.16. The monoisotopic (exact) mass is 306 g/mol. The highest BCUT2D eigenvalue weighted by Gasteiger charge is 2.12. The zero-order chi connectivity index (χ0) is 11.4. The van der Waals surface area contributed by atoms with Gasteiger partial charge in [0.05, 0.1) is 4.99 Å². The van der Waals surface area contributed by atoms with Crippen LogP contribution in [0.2, 0.25) is 0 Å². The minimum atomic E-state index is -0.0972. The van der Waals surface area contributed by atoms with Crippen LogP contribution < -0.4 is 11.1 Å². The van der Waals surface area contributed by atoms with Gasteiger partial charge in [0.15, 0.2) is 0 Å². The van der Waals surface area contributed by atoms with Gasteiger partial charge in [0.2, 0.25) is 0 Å². The maximum atomic E-state index is 11.6. The maximum absolute atomic E-state index is 11.6. The van der Waals surface area contributed by atoms with Crippen molar-refractivity contribution in [2.45, 2.75) is 6.92 Å². The Morgan fingerprint density at radius 3 is 2.93 bits per heavy atom. The lowest BCUT2D eigenvalue weighted by Crippen LogP contribution is -2.33. The first-order valence-electron chi connectivity index (χ1n) is 4.33. The molecule has 1 unspecified atom stereocenters. The van der Waals surface area contributed by atoms with E-state index in [-0.39, 0.29) is 11.8 Å². The van der Waals surface area contributed by atoms with E-state index in [0.717, 1.165) is 4.47 Å². The van der Waals surface area contributed by atoms with Gasteiger partial charge in [0, 0.05) is 16.9 Å². The van der Waals surface area contributed by atoms with Crippen LogP contribution >= 0.6 is 39.5 Å². The van der Waals surface area contributed by atoms with Crippen molar-refractivity contribution < 1.29 is 4.79 Å². The summed E-state index contributed by atoms with van der Waals surface area (Å²) in [5, 5.41) is 4.64. The molecule has 82 valence electrons. The third-order valence-corrected chi connectivity index (χ3v) is 4.12. The Bertz CT molecular complexity index is 378. The molecule has 0 aliphatic rings. The molecule has 1 aromatic heterocycles. The summed E-state index contributed by atoms with van der Waals surface area (Å²) in [4.78, 5) is 12.7. The molecule has 0 bridgehead atoms. The van der Waals surface area contributed by atoms with Crippen molar-refractivity contribution in [2.75, 3.05) is 6.54 Å². The highest BCUT2D eigenvalue weighted by atomic mass is 79.9. The molecule has 0 aliphatic carbocycles. The molecule has 1 atom stereocenters. The topological polar surface area (TPSA) is 55.1 Å². The molecule has 0 saturated carbocycles. The lowest BCUT2D eigenvalue weighted by Gasteiger charge is -2.10. The van der Waals surface area contributed by atoms with Crippen molar-refractivity contribution >= 4 is 50.4 Å². The molecule has 0 saturated heterocycles. The van der Waals surface area contributed by atoms with Crippen LogP contribution in [-0.4, -0.2) is 17.4 Å². The lowest BCUT2D eigenvalue weighted by atomic mass is 10.2. The van der Waals surface area contributed by atoms with E-state index in [4.69, 9.17) is 18.0 Å². The first-order valence-corrected chi connectivity index (χ1v) is 6.41. The Kier molecular flexibility index (Phi) is 4.69. The second kappa shape index (κ2) is 5.58. The summed E-state index contributed by atoms with van der Waals surface area (Å²) in [7, 11) is 0. The number of hydrogen-bond acceptors (Lipinski definition) is 3. The second-order valence-corrected chi connectivity index (χ2v) is 5.35. The quantitative estimate of drug-likeness (QED) is 0.838. The van der Waals surface area contributed by atoms with Crippen LogP contribution in [0.1, 0.15) is 16.6 Å². The zero-order valence-electron chi connectivity index (χ0n) is 8.12. The van der Waals surface area contributed by atoms with Crippen LogP contribution in [0, 0.1) is 5.92 Å². The summed E-state index contributed by atoms with van der Waals surface area (Å²) in [6, 6.07) is 1.84. The molecule has 0 fully saturated rings. The molecule has 15 heavy (non-hydrogen) atoms. The van der Waals surface area contributed by atoms with Crippen molar-refractivity contribution in [3.8, 4) is 0 Å². The van der Waals surface area contributed by atoms with E-state index in [2.05, 4.69) is 21.2 Å². The van der Waals surface area contributed by atoms with Gasteiger partial charge in [-0.1, -0.05) is 19.1 Å². The van der Waals surface area contributed by atoms with E-state index < -0.39 is 0 Å². The predicted molar refractivity (Wildman–Crippen MR) is 70.3 cm³/mol. The van der Waals surface area contributed by atoms with E-state index >= 15 is 0 Å². The van der Waals surface area contributed by atoms with Gasteiger partial charge in [-0.25, -0.2) is 0 Å². The minimum absolute atomic E-state index is 0.0164. The van der Waals surface area contributed by atoms with E-state index in [0.29, 0.717) is 16.4 Å². The van der Waals surface area contributed by atoms with Crippen LogP contribution in [0.5, 0.6) is 0 Å². The molecule has 0 radical (unpaired) electrons. The number of thiophene rings is 1. The summed E-state index contributed by atoms with van der Waals surface area (Å²) < 4.78 is 0.813. The van der Waals surface area contributed by atoms with Crippen LogP contribution in [0.25, 0.3) is 0 Å². The van der Waals surface area contributed by atoms with E-state index in [1.54, 1.807) is 0 Å². The number of hydrogen-bond donors (Lipinski definition) is 2. The van der Waals surface area contributed by atoms with Crippen molar-refractivity contribution in [1.82, 2.24) is 5.32 Å². The van der Waals surface area contributed by atoms with Gasteiger partial charge in [-0.3, -0.25) is 4.79 Å². The fraction of sp³-hybridized carbons (Fsp3) is 0.333. The van der Waals surface area contributed by atoms with Gasteiger partial charge in [-0.15, -0.1) is 11.3 Å². The normalized spacial score (nSPS) is 12.1. The minimum Gasteiger partial charge on any atom is -0.393 e. The molecule has 1 aromatic rings. The van der Waals surface area contributed by atoms with E-state index in [1.807, 2.05) is 18.4 Å².